The third kappa shape index (κ3) is 6.71. The summed E-state index contributed by atoms with van der Waals surface area (Å²) in [5.41, 5.74) is 1.17. The summed E-state index contributed by atoms with van der Waals surface area (Å²) in [6, 6.07) is 0. The predicted molar refractivity (Wildman–Crippen MR) is 127 cm³/mol. The van der Waals surface area contributed by atoms with Gasteiger partial charge in [-0.25, -0.2) is 9.97 Å². The minimum absolute atomic E-state index is 0. The molecule has 1 aromatic rings. The van der Waals surface area contributed by atoms with Crippen LogP contribution in [0.25, 0.3) is 0 Å². The molecule has 0 aliphatic carbocycles. The Morgan fingerprint density at radius 3 is 2.74 bits per heavy atom. The molecule has 6 N–H and O–H groups in total. The molecule has 34 heavy (non-hydrogen) atoms. The second kappa shape index (κ2) is 13.1. The van der Waals surface area contributed by atoms with Gasteiger partial charge >= 0.3 is 0 Å². The van der Waals surface area contributed by atoms with Crippen molar-refractivity contribution in [2.24, 2.45) is 10.9 Å². The topological polar surface area (TPSA) is 186 Å². The molecule has 0 saturated carbocycles. The van der Waals surface area contributed by atoms with Gasteiger partial charge in [-0.1, -0.05) is 13.3 Å². The van der Waals surface area contributed by atoms with Crippen LogP contribution in [0.1, 0.15) is 38.3 Å². The summed E-state index contributed by atoms with van der Waals surface area (Å²) in [4.78, 5) is 36.6. The van der Waals surface area contributed by atoms with E-state index in [1.807, 2.05) is 6.92 Å². The Kier molecular flexibility index (Phi) is 10.8. The van der Waals surface area contributed by atoms with E-state index in [9.17, 15) is 30.0 Å². The molecule has 3 rings (SSSR count). The van der Waals surface area contributed by atoms with Gasteiger partial charge in [0.25, 0.3) is 0 Å². The molecule has 190 valence electrons. The van der Waals surface area contributed by atoms with Crippen LogP contribution in [0.5, 0.6) is 0 Å². The third-order valence-electron chi connectivity index (χ3n) is 5.78. The predicted octanol–water partition coefficient (Wildman–Crippen LogP) is -1.06. The highest BCUT2D eigenvalue weighted by atomic mass is 32.1. The molecule has 1 saturated heterocycles. The number of fused-ring (bicyclic) bond motifs is 1. The fourth-order valence-corrected chi connectivity index (χ4v) is 3.94. The number of amides is 1. The average Bonchev–Trinajstić information content (AvgIpc) is 3.30. The van der Waals surface area contributed by atoms with E-state index >= 15 is 0 Å². The highest BCUT2D eigenvalue weighted by Crippen LogP contribution is 2.34. The van der Waals surface area contributed by atoms with Crippen molar-refractivity contribution in [3.63, 3.8) is 0 Å². The van der Waals surface area contributed by atoms with Crippen molar-refractivity contribution >= 4 is 42.9 Å². The van der Waals surface area contributed by atoms with Crippen LogP contribution in [0.4, 0.5) is 11.5 Å². The normalized spacial score (nSPS) is 26.3. The first-order chi connectivity index (χ1) is 15.8. The Morgan fingerprint density at radius 2 is 2.03 bits per heavy atom. The monoisotopic (exact) mass is 499 g/mol. The van der Waals surface area contributed by atoms with Gasteiger partial charge in [-0.3, -0.25) is 14.6 Å². The van der Waals surface area contributed by atoms with Crippen LogP contribution in [0, 0.1) is 5.92 Å². The van der Waals surface area contributed by atoms with Gasteiger partial charge in [-0.05, 0) is 6.42 Å². The second-order valence-corrected chi connectivity index (χ2v) is 8.22. The molecule has 0 bridgehead atoms. The number of Topliss-reactive ketones (excluding diaryl/α,β-unsaturated/α-hetero) is 1. The van der Waals surface area contributed by atoms with E-state index in [0.29, 0.717) is 30.6 Å². The lowest BCUT2D eigenvalue weighted by atomic mass is 9.82. The number of aliphatic hydroxyl groups is 4. The van der Waals surface area contributed by atoms with E-state index in [-0.39, 0.29) is 38.2 Å². The zero-order chi connectivity index (χ0) is 24.0. The molecule has 6 unspecified atom stereocenters. The molecule has 3 heterocycles. The van der Waals surface area contributed by atoms with Crippen LogP contribution in [-0.2, 0) is 20.7 Å². The van der Waals surface area contributed by atoms with Gasteiger partial charge in [0.15, 0.2) is 17.8 Å². The molecular formula is C21H33N5O7S. The summed E-state index contributed by atoms with van der Waals surface area (Å²) in [6.07, 6.45) is -1.56. The maximum Gasteiger partial charge on any atom is 0.220 e. The first kappa shape index (κ1) is 28.1. The number of unbranched alkanes of at least 4 members (excludes halogenated alkanes) is 1. The van der Waals surface area contributed by atoms with Gasteiger partial charge in [-0.2, -0.15) is 13.5 Å². The van der Waals surface area contributed by atoms with Crippen molar-refractivity contribution in [3.05, 3.63) is 12.0 Å². The number of hydrogen-bond donors (Lipinski definition) is 6. The van der Waals surface area contributed by atoms with Crippen LogP contribution in [0.15, 0.2) is 11.3 Å². The maximum atomic E-state index is 12.4. The zero-order valence-electron chi connectivity index (χ0n) is 18.9. The summed E-state index contributed by atoms with van der Waals surface area (Å²) in [7, 11) is 0. The Balaban J connectivity index is 0.00000408. The molecule has 0 spiro atoms. The molecule has 1 amide bonds. The van der Waals surface area contributed by atoms with Gasteiger partial charge in [0.1, 0.15) is 24.2 Å². The van der Waals surface area contributed by atoms with Crippen LogP contribution in [-0.4, -0.2) is 92.1 Å². The summed E-state index contributed by atoms with van der Waals surface area (Å²) < 4.78 is 5.79. The standard InChI is InChI=1S/C21H31N5O7.H2S/c1-2-3-4-15(30)23-8-11(28)7-12-17(31)18(32)21(33-19(12)14(29)9-27)26-20-16-13(5-6-22-16)24-10-25-20;/h6,10,12,14,17-19,21,27,29,31-32H,2-5,7-9H2,1H3,(H,23,30)(H,24,25,26);1H2. The van der Waals surface area contributed by atoms with Gasteiger partial charge < -0.3 is 35.8 Å². The van der Waals surface area contributed by atoms with E-state index < -0.39 is 49.0 Å². The Labute approximate surface area is 204 Å². The highest BCUT2D eigenvalue weighted by Gasteiger charge is 2.47. The number of ketones is 1. The van der Waals surface area contributed by atoms with Crippen molar-refractivity contribution in [2.75, 3.05) is 18.5 Å². The van der Waals surface area contributed by atoms with Crippen molar-refractivity contribution in [2.45, 2.75) is 69.7 Å². The second-order valence-electron chi connectivity index (χ2n) is 8.22. The summed E-state index contributed by atoms with van der Waals surface area (Å²) in [5, 5.41) is 46.6. The van der Waals surface area contributed by atoms with Gasteiger partial charge in [0, 0.05) is 31.4 Å². The Hall–Kier alpha value is -2.16. The SMILES string of the molecule is CCCCC(=O)NCC(=O)CC1C(O)C(O)C(Nc2ncnc3c2N=CC3)OC1C(O)CO.S. The van der Waals surface area contributed by atoms with Crippen LogP contribution in [0.2, 0.25) is 0 Å². The van der Waals surface area contributed by atoms with Crippen molar-refractivity contribution in [1.82, 2.24) is 15.3 Å². The highest BCUT2D eigenvalue weighted by molar-refractivity contribution is 7.59. The number of aliphatic hydroxyl groups excluding tert-OH is 4. The fraction of sp³-hybridized carbons (Fsp3) is 0.667. The molecular weight excluding hydrogens is 466 g/mol. The summed E-state index contributed by atoms with van der Waals surface area (Å²) in [5.74, 6) is -1.37. The first-order valence-corrected chi connectivity index (χ1v) is 11.1. The first-order valence-electron chi connectivity index (χ1n) is 11.1. The molecule has 2 aliphatic rings. The lowest BCUT2D eigenvalue weighted by Gasteiger charge is -2.44. The maximum absolute atomic E-state index is 12.4. The van der Waals surface area contributed by atoms with E-state index in [1.165, 1.54) is 6.33 Å². The third-order valence-corrected chi connectivity index (χ3v) is 5.78. The molecule has 0 aromatic carbocycles. The van der Waals surface area contributed by atoms with Crippen LogP contribution < -0.4 is 10.6 Å². The number of aromatic nitrogens is 2. The van der Waals surface area contributed by atoms with Gasteiger partial charge in [-0.15, -0.1) is 0 Å². The smallest absolute Gasteiger partial charge is 0.220 e. The average molecular weight is 500 g/mol. The van der Waals surface area contributed by atoms with E-state index in [4.69, 9.17) is 4.74 Å². The molecule has 1 aromatic heterocycles. The van der Waals surface area contributed by atoms with E-state index in [2.05, 4.69) is 25.6 Å². The quantitative estimate of drug-likeness (QED) is 0.219. The number of ether oxygens (including phenoxy) is 1. The number of rotatable bonds is 11. The molecule has 0 radical (unpaired) electrons. The summed E-state index contributed by atoms with van der Waals surface area (Å²) in [6.45, 7) is 1.04. The van der Waals surface area contributed by atoms with Crippen LogP contribution >= 0.6 is 13.5 Å². The largest absolute Gasteiger partial charge is 0.394 e. The fourth-order valence-electron chi connectivity index (χ4n) is 3.94. The number of nitrogens with zero attached hydrogens (tertiary/aromatic N) is 3. The summed E-state index contributed by atoms with van der Waals surface area (Å²) >= 11 is 0. The number of hydrogen-bond acceptors (Lipinski definition) is 11. The molecule has 2 aliphatic heterocycles. The number of carbonyl (C=O) groups excluding carboxylic acids is 2. The van der Waals surface area contributed by atoms with E-state index in [1.54, 1.807) is 6.21 Å². The minimum Gasteiger partial charge on any atom is -0.394 e. The number of nitrogens with one attached hydrogen (secondary N) is 2. The molecule has 1 fully saturated rings. The lowest BCUT2D eigenvalue weighted by molar-refractivity contribution is -0.219. The van der Waals surface area contributed by atoms with Crippen molar-refractivity contribution < 1.29 is 34.8 Å². The van der Waals surface area contributed by atoms with E-state index in [0.717, 1.165) is 6.42 Å². The zero-order valence-corrected chi connectivity index (χ0v) is 19.9. The molecule has 6 atom stereocenters. The lowest BCUT2D eigenvalue weighted by Crippen LogP contribution is -2.60. The number of aliphatic imine (C=N–C) groups is 1. The molecule has 12 nitrogen and oxygen atoms in total. The minimum atomic E-state index is -1.47. The number of carbonyl (C=O) groups is 2. The number of anilines is 1. The van der Waals surface area contributed by atoms with Gasteiger partial charge in [0.2, 0.25) is 5.91 Å². The Bertz CT molecular complexity index is 874. The Morgan fingerprint density at radius 1 is 1.26 bits per heavy atom. The van der Waals surface area contributed by atoms with Crippen molar-refractivity contribution in [1.29, 1.82) is 0 Å². The van der Waals surface area contributed by atoms with Crippen molar-refractivity contribution in [3.8, 4) is 0 Å². The van der Waals surface area contributed by atoms with Crippen LogP contribution in [0.3, 0.4) is 0 Å². The molecule has 13 heteroatoms. The van der Waals surface area contributed by atoms with Gasteiger partial charge in [0.05, 0.1) is 31.1 Å².